The molecule has 0 aliphatic rings. The van der Waals surface area contributed by atoms with E-state index in [1.54, 1.807) is 6.92 Å². The lowest BCUT2D eigenvalue weighted by molar-refractivity contribution is -0.143. The maximum Gasteiger partial charge on any atom is 0.326 e. The predicted octanol–water partition coefficient (Wildman–Crippen LogP) is 0.956. The zero-order valence-electron chi connectivity index (χ0n) is 13.0. The fourth-order valence-electron chi connectivity index (χ4n) is 2.04. The van der Waals surface area contributed by atoms with Gasteiger partial charge in [-0.15, -0.1) is 10.2 Å². The average molecular weight is 317 g/mol. The maximum atomic E-state index is 12.0. The minimum absolute atomic E-state index is 0.167. The Morgan fingerprint density at radius 1 is 1.30 bits per heavy atom. The van der Waals surface area contributed by atoms with E-state index < -0.39 is 17.9 Å². The lowest BCUT2D eigenvalue weighted by atomic mass is 9.99. The van der Waals surface area contributed by atoms with Crippen LogP contribution < -0.4 is 5.32 Å². The van der Waals surface area contributed by atoms with Crippen LogP contribution in [-0.2, 0) is 16.1 Å². The van der Waals surface area contributed by atoms with Crippen LogP contribution in [0.4, 0.5) is 0 Å². The molecule has 2 rings (SSSR count). The van der Waals surface area contributed by atoms with E-state index in [1.807, 2.05) is 37.3 Å². The summed E-state index contributed by atoms with van der Waals surface area (Å²) in [6.07, 6.45) is 0.650. The van der Waals surface area contributed by atoms with Gasteiger partial charge in [0.2, 0.25) is 11.7 Å². The molecule has 1 aromatic carbocycles. The predicted molar refractivity (Wildman–Crippen MR) is 82.3 cm³/mol. The molecule has 0 unspecified atom stereocenters. The first-order chi connectivity index (χ1) is 11.0. The molecule has 8 nitrogen and oxygen atoms in total. The van der Waals surface area contributed by atoms with Crippen LogP contribution in [0.15, 0.2) is 30.3 Å². The number of carbonyl (C=O) groups excluding carboxylic acids is 1. The Morgan fingerprint density at radius 3 is 2.61 bits per heavy atom. The van der Waals surface area contributed by atoms with Gasteiger partial charge in [0.1, 0.15) is 12.6 Å². The van der Waals surface area contributed by atoms with Gasteiger partial charge in [0.15, 0.2) is 0 Å². The molecule has 2 atom stereocenters. The number of benzene rings is 1. The highest BCUT2D eigenvalue weighted by Gasteiger charge is 2.25. The number of nitrogens with one attached hydrogen (secondary N) is 1. The topological polar surface area (TPSA) is 110 Å². The molecule has 0 saturated heterocycles. The monoisotopic (exact) mass is 317 g/mol. The van der Waals surface area contributed by atoms with Crippen molar-refractivity contribution in [1.82, 2.24) is 25.5 Å². The molecule has 0 spiro atoms. The van der Waals surface area contributed by atoms with Gasteiger partial charge in [-0.25, -0.2) is 4.79 Å². The molecule has 122 valence electrons. The van der Waals surface area contributed by atoms with Crippen molar-refractivity contribution in [3.8, 4) is 11.4 Å². The van der Waals surface area contributed by atoms with E-state index in [1.165, 1.54) is 0 Å². The summed E-state index contributed by atoms with van der Waals surface area (Å²) in [5, 5.41) is 23.5. The number of carbonyl (C=O) groups is 2. The highest BCUT2D eigenvalue weighted by molar-refractivity contribution is 5.83. The normalized spacial score (nSPS) is 13.3. The van der Waals surface area contributed by atoms with Gasteiger partial charge >= 0.3 is 5.97 Å². The molecular formula is C15H19N5O3. The van der Waals surface area contributed by atoms with E-state index in [9.17, 15) is 14.7 Å². The molecule has 1 amide bonds. The van der Waals surface area contributed by atoms with E-state index in [2.05, 4.69) is 20.7 Å². The summed E-state index contributed by atoms with van der Waals surface area (Å²) in [5.41, 5.74) is 0.794. The third-order valence-electron chi connectivity index (χ3n) is 3.57. The zero-order valence-corrected chi connectivity index (χ0v) is 13.0. The number of tetrazole rings is 1. The molecule has 0 radical (unpaired) electrons. The lowest BCUT2D eigenvalue weighted by Crippen LogP contribution is -2.46. The molecule has 0 aliphatic carbocycles. The molecule has 0 fully saturated rings. The number of aromatic nitrogens is 4. The largest absolute Gasteiger partial charge is 0.480 e. The first-order valence-corrected chi connectivity index (χ1v) is 7.36. The number of carboxylic acids is 1. The van der Waals surface area contributed by atoms with Gasteiger partial charge in [-0.3, -0.25) is 4.79 Å². The summed E-state index contributed by atoms with van der Waals surface area (Å²) in [6.45, 7) is 3.47. The standard InChI is InChI=1S/C15H19N5O3/c1-3-10(2)13(15(22)23)16-12(21)9-20-18-14(17-19-20)11-7-5-4-6-8-11/h4-8,10,13H,3,9H2,1-2H3,(H,16,21)(H,22,23)/t10-,13-/m0/s1. The van der Waals surface area contributed by atoms with Gasteiger partial charge in [0.05, 0.1) is 0 Å². The van der Waals surface area contributed by atoms with Crippen LogP contribution in [0.3, 0.4) is 0 Å². The molecule has 1 heterocycles. The van der Waals surface area contributed by atoms with Crippen molar-refractivity contribution >= 4 is 11.9 Å². The molecule has 2 aromatic rings. The van der Waals surface area contributed by atoms with Crippen LogP contribution in [0, 0.1) is 5.92 Å². The minimum Gasteiger partial charge on any atom is -0.480 e. The summed E-state index contributed by atoms with van der Waals surface area (Å²) < 4.78 is 0. The van der Waals surface area contributed by atoms with Crippen LogP contribution in [0.5, 0.6) is 0 Å². The van der Waals surface area contributed by atoms with Crippen LogP contribution in [0.1, 0.15) is 20.3 Å². The quantitative estimate of drug-likeness (QED) is 0.787. The minimum atomic E-state index is -1.05. The fraction of sp³-hybridized carbons (Fsp3) is 0.400. The fourth-order valence-corrected chi connectivity index (χ4v) is 2.04. The van der Waals surface area contributed by atoms with Crippen LogP contribution >= 0.6 is 0 Å². The number of nitrogens with zero attached hydrogens (tertiary/aromatic N) is 4. The van der Waals surface area contributed by atoms with E-state index in [0.717, 1.165) is 10.4 Å². The van der Waals surface area contributed by atoms with Gasteiger partial charge in [0.25, 0.3) is 0 Å². The Morgan fingerprint density at radius 2 is 2.00 bits per heavy atom. The second-order valence-corrected chi connectivity index (χ2v) is 5.28. The van der Waals surface area contributed by atoms with E-state index in [0.29, 0.717) is 12.2 Å². The Bertz CT molecular complexity index is 671. The third-order valence-corrected chi connectivity index (χ3v) is 3.57. The molecule has 0 aliphatic heterocycles. The Kier molecular flexibility index (Phi) is 5.40. The van der Waals surface area contributed by atoms with Gasteiger partial charge in [-0.1, -0.05) is 50.6 Å². The Hall–Kier alpha value is -2.77. The van der Waals surface area contributed by atoms with E-state index >= 15 is 0 Å². The van der Waals surface area contributed by atoms with Crippen molar-refractivity contribution < 1.29 is 14.7 Å². The highest BCUT2D eigenvalue weighted by Crippen LogP contribution is 2.12. The first-order valence-electron chi connectivity index (χ1n) is 7.36. The molecule has 1 aromatic heterocycles. The highest BCUT2D eigenvalue weighted by atomic mass is 16.4. The Labute approximate surface area is 133 Å². The molecule has 23 heavy (non-hydrogen) atoms. The van der Waals surface area contributed by atoms with Gasteiger partial charge < -0.3 is 10.4 Å². The van der Waals surface area contributed by atoms with Crippen molar-refractivity contribution in [3.63, 3.8) is 0 Å². The maximum absolute atomic E-state index is 12.0. The number of hydrogen-bond acceptors (Lipinski definition) is 5. The average Bonchev–Trinajstić information content (AvgIpc) is 3.01. The number of amides is 1. The van der Waals surface area contributed by atoms with Gasteiger partial charge in [0, 0.05) is 5.56 Å². The second kappa shape index (κ2) is 7.48. The number of rotatable bonds is 7. The molecule has 0 bridgehead atoms. The summed E-state index contributed by atoms with van der Waals surface area (Å²) in [6, 6.07) is 8.33. The first kappa shape index (κ1) is 16.6. The van der Waals surface area contributed by atoms with Crippen LogP contribution in [0.25, 0.3) is 11.4 Å². The lowest BCUT2D eigenvalue weighted by Gasteiger charge is -2.19. The van der Waals surface area contributed by atoms with Gasteiger partial charge in [-0.05, 0) is 11.1 Å². The van der Waals surface area contributed by atoms with Crippen LogP contribution in [0.2, 0.25) is 0 Å². The van der Waals surface area contributed by atoms with Crippen molar-refractivity contribution in [2.24, 2.45) is 5.92 Å². The van der Waals surface area contributed by atoms with Crippen molar-refractivity contribution in [2.75, 3.05) is 0 Å². The summed E-state index contributed by atoms with van der Waals surface area (Å²) >= 11 is 0. The van der Waals surface area contributed by atoms with E-state index in [4.69, 9.17) is 0 Å². The number of aliphatic carboxylic acids is 1. The third kappa shape index (κ3) is 4.35. The summed E-state index contributed by atoms with van der Waals surface area (Å²) in [7, 11) is 0. The van der Waals surface area contributed by atoms with Crippen molar-refractivity contribution in [1.29, 1.82) is 0 Å². The summed E-state index contributed by atoms with van der Waals surface area (Å²) in [5.74, 6) is -1.27. The Balaban J connectivity index is 2.01. The van der Waals surface area contributed by atoms with Crippen LogP contribution in [-0.4, -0.2) is 43.2 Å². The van der Waals surface area contributed by atoms with E-state index in [-0.39, 0.29) is 12.5 Å². The van der Waals surface area contributed by atoms with Crippen molar-refractivity contribution in [2.45, 2.75) is 32.9 Å². The SMILES string of the molecule is CC[C@H](C)[C@H](NC(=O)Cn1nnc(-c2ccccc2)n1)C(=O)O. The number of carboxylic acid groups (broad SMARTS) is 1. The molecule has 0 saturated carbocycles. The smallest absolute Gasteiger partial charge is 0.326 e. The number of hydrogen-bond donors (Lipinski definition) is 2. The molecular weight excluding hydrogens is 298 g/mol. The second-order valence-electron chi connectivity index (χ2n) is 5.28. The molecule has 2 N–H and O–H groups in total. The van der Waals surface area contributed by atoms with Gasteiger partial charge in [-0.2, -0.15) is 4.80 Å². The zero-order chi connectivity index (χ0) is 16.8. The molecule has 8 heteroatoms. The summed E-state index contributed by atoms with van der Waals surface area (Å²) in [4.78, 5) is 24.3. The van der Waals surface area contributed by atoms with Crippen molar-refractivity contribution in [3.05, 3.63) is 30.3 Å².